The van der Waals surface area contributed by atoms with E-state index < -0.39 is 11.5 Å². The lowest BCUT2D eigenvalue weighted by Crippen LogP contribution is -2.59. The molecule has 2 aliphatic rings. The van der Waals surface area contributed by atoms with Gasteiger partial charge < -0.3 is 10.2 Å². The molecule has 0 unspecified atom stereocenters. The van der Waals surface area contributed by atoms with E-state index in [4.69, 9.17) is 0 Å². The molecule has 0 aromatic carbocycles. The van der Waals surface area contributed by atoms with Gasteiger partial charge in [0.05, 0.1) is 5.54 Å². The van der Waals surface area contributed by atoms with E-state index in [-0.39, 0.29) is 5.91 Å². The van der Waals surface area contributed by atoms with Gasteiger partial charge in [-0.25, -0.2) is 13.8 Å². The summed E-state index contributed by atoms with van der Waals surface area (Å²) in [4.78, 5) is 28.1. The molecule has 0 aliphatic carbocycles. The molecule has 4 heterocycles. The minimum absolute atomic E-state index is 0.204. The quantitative estimate of drug-likeness (QED) is 0.624. The van der Waals surface area contributed by atoms with Gasteiger partial charge in [-0.3, -0.25) is 19.6 Å². The van der Waals surface area contributed by atoms with E-state index in [1.54, 1.807) is 32.3 Å². The average Bonchev–Trinajstić information content (AvgIpc) is 3.14. The van der Waals surface area contributed by atoms with Crippen LogP contribution in [0.4, 0.5) is 14.6 Å². The first-order chi connectivity index (χ1) is 17.1. The smallest absolute Gasteiger partial charge is 0.270 e. The molecule has 1 amide bonds. The summed E-state index contributed by atoms with van der Waals surface area (Å²) in [6, 6.07) is 9.76. The summed E-state index contributed by atoms with van der Waals surface area (Å²) in [6.07, 6.45) is 6.25. The number of piperidine rings is 1. The molecule has 7 nitrogen and oxygen atoms in total. The number of carbonyl (C=O) groups is 1. The molecule has 2 saturated heterocycles. The summed E-state index contributed by atoms with van der Waals surface area (Å²) in [5.41, 5.74) is 0.210. The molecule has 2 fully saturated rings. The number of likely N-dealkylation sites (tertiary alicyclic amines) is 1. The second-order valence-electron chi connectivity index (χ2n) is 10.5. The van der Waals surface area contributed by atoms with Crippen LogP contribution in [0.3, 0.4) is 0 Å². The van der Waals surface area contributed by atoms with Crippen LogP contribution < -0.4 is 10.2 Å². The molecule has 2 aliphatic heterocycles. The molecule has 36 heavy (non-hydrogen) atoms. The Morgan fingerprint density at radius 2 is 1.81 bits per heavy atom. The molecule has 2 aromatic heterocycles. The molecular weight excluding hydrogens is 462 g/mol. The molecule has 9 heteroatoms. The zero-order chi connectivity index (χ0) is 25.8. The lowest BCUT2D eigenvalue weighted by Gasteiger charge is -2.47. The number of hydrogen-bond acceptors (Lipinski definition) is 6. The fourth-order valence-electron chi connectivity index (χ4n) is 5.10. The van der Waals surface area contributed by atoms with E-state index in [0.717, 1.165) is 63.7 Å². The van der Waals surface area contributed by atoms with Crippen LogP contribution in [-0.2, 0) is 6.54 Å². The van der Waals surface area contributed by atoms with E-state index in [1.165, 1.54) is 0 Å². The molecule has 0 radical (unpaired) electrons. The van der Waals surface area contributed by atoms with Gasteiger partial charge in [0, 0.05) is 71.2 Å². The Morgan fingerprint density at radius 3 is 2.50 bits per heavy atom. The summed E-state index contributed by atoms with van der Waals surface area (Å²) in [5, 5.41) is 2.91. The van der Waals surface area contributed by atoms with Crippen molar-refractivity contribution in [3.8, 4) is 0 Å². The number of halogens is 2. The number of nitrogens with one attached hydrogen (secondary N) is 1. The van der Waals surface area contributed by atoms with Crippen LogP contribution in [0, 0.1) is 0 Å². The topological polar surface area (TPSA) is 64.6 Å². The lowest BCUT2D eigenvalue weighted by atomic mass is 9.91. The standard InChI is InChI=1S/C27H38F2N6O/c1-26(2,27(3,28)29)35-15-10-22(11-16-35)33-13-6-14-34(18-17-33)24-9-4-8-23(32-24)25(36)31-20-21-7-5-12-30-19-21/h4-5,7-9,12,19,22H,6,10-11,13-18,20H2,1-3H3,(H,31,36). The van der Waals surface area contributed by atoms with Gasteiger partial charge in [-0.1, -0.05) is 12.1 Å². The normalized spacial score (nSPS) is 19.2. The Hall–Kier alpha value is -2.65. The third-order valence-electron chi connectivity index (χ3n) is 7.84. The number of hydrogen-bond donors (Lipinski definition) is 1. The number of rotatable bonds is 7. The Bertz CT molecular complexity index is 1000. The molecule has 1 N–H and O–H groups in total. The second kappa shape index (κ2) is 11.2. The number of aromatic nitrogens is 2. The van der Waals surface area contributed by atoms with Crippen molar-refractivity contribution in [3.05, 3.63) is 54.0 Å². The van der Waals surface area contributed by atoms with Gasteiger partial charge in [0.25, 0.3) is 11.8 Å². The first-order valence-electron chi connectivity index (χ1n) is 12.9. The maximum atomic E-state index is 14.1. The molecule has 4 rings (SSSR count). The summed E-state index contributed by atoms with van der Waals surface area (Å²) in [5.74, 6) is -2.13. The predicted octanol–water partition coefficient (Wildman–Crippen LogP) is 3.82. The van der Waals surface area contributed by atoms with Gasteiger partial charge in [0.2, 0.25) is 0 Å². The molecule has 196 valence electrons. The minimum atomic E-state index is -2.74. The SMILES string of the molecule is CC(F)(F)C(C)(C)N1CCC(N2CCCN(c3cccc(C(=O)NCc4cccnc4)n3)CC2)CC1. The van der Waals surface area contributed by atoms with E-state index in [9.17, 15) is 13.6 Å². The minimum Gasteiger partial charge on any atom is -0.355 e. The van der Waals surface area contributed by atoms with Crippen molar-refractivity contribution >= 4 is 11.7 Å². The van der Waals surface area contributed by atoms with E-state index in [2.05, 4.69) is 25.1 Å². The maximum Gasteiger partial charge on any atom is 0.270 e. The molecule has 0 atom stereocenters. The van der Waals surface area contributed by atoms with Crippen LogP contribution >= 0.6 is 0 Å². The highest BCUT2D eigenvalue weighted by Gasteiger charge is 2.47. The second-order valence-corrected chi connectivity index (χ2v) is 10.5. The zero-order valence-electron chi connectivity index (χ0n) is 21.6. The fourth-order valence-corrected chi connectivity index (χ4v) is 5.10. The van der Waals surface area contributed by atoms with Gasteiger partial charge in [-0.05, 0) is 56.9 Å². The predicted molar refractivity (Wildman–Crippen MR) is 137 cm³/mol. The van der Waals surface area contributed by atoms with Crippen LogP contribution in [0.5, 0.6) is 0 Å². The number of carbonyl (C=O) groups excluding carboxylic acids is 1. The Morgan fingerprint density at radius 1 is 1.03 bits per heavy atom. The number of alkyl halides is 2. The van der Waals surface area contributed by atoms with Crippen LogP contribution in [0.15, 0.2) is 42.7 Å². The van der Waals surface area contributed by atoms with Gasteiger partial charge in [-0.2, -0.15) is 0 Å². The van der Waals surface area contributed by atoms with Crippen molar-refractivity contribution < 1.29 is 13.6 Å². The van der Waals surface area contributed by atoms with Crippen molar-refractivity contribution in [2.24, 2.45) is 0 Å². The summed E-state index contributed by atoms with van der Waals surface area (Å²) < 4.78 is 28.2. The first-order valence-corrected chi connectivity index (χ1v) is 12.9. The zero-order valence-corrected chi connectivity index (χ0v) is 21.6. The third-order valence-corrected chi connectivity index (χ3v) is 7.84. The van der Waals surface area contributed by atoms with E-state index in [1.807, 2.05) is 29.2 Å². The third kappa shape index (κ3) is 6.18. The largest absolute Gasteiger partial charge is 0.355 e. The number of nitrogens with zero attached hydrogens (tertiary/aromatic N) is 5. The van der Waals surface area contributed by atoms with E-state index in [0.29, 0.717) is 31.4 Å². The molecule has 0 spiro atoms. The Kier molecular flexibility index (Phi) is 8.20. The van der Waals surface area contributed by atoms with Crippen LogP contribution in [0.25, 0.3) is 0 Å². The van der Waals surface area contributed by atoms with Gasteiger partial charge in [0.15, 0.2) is 0 Å². The van der Waals surface area contributed by atoms with E-state index >= 15 is 0 Å². The molecular formula is C27H38F2N6O. The average molecular weight is 501 g/mol. The van der Waals surface area contributed by atoms with Gasteiger partial charge in [-0.15, -0.1) is 0 Å². The number of pyridine rings is 2. The molecule has 0 saturated carbocycles. The summed E-state index contributed by atoms with van der Waals surface area (Å²) in [6.45, 7) is 9.70. The lowest BCUT2D eigenvalue weighted by molar-refractivity contribution is -0.124. The Labute approximate surface area is 212 Å². The number of amides is 1. The van der Waals surface area contributed by atoms with Crippen molar-refractivity contribution in [1.29, 1.82) is 0 Å². The highest BCUT2D eigenvalue weighted by atomic mass is 19.3. The highest BCUT2D eigenvalue weighted by Crippen LogP contribution is 2.35. The van der Waals surface area contributed by atoms with Crippen molar-refractivity contribution in [2.45, 2.75) is 64.1 Å². The molecule has 0 bridgehead atoms. The highest BCUT2D eigenvalue weighted by molar-refractivity contribution is 5.92. The van der Waals surface area contributed by atoms with Gasteiger partial charge >= 0.3 is 0 Å². The van der Waals surface area contributed by atoms with Crippen molar-refractivity contribution in [2.75, 3.05) is 44.2 Å². The van der Waals surface area contributed by atoms with Crippen molar-refractivity contribution in [1.82, 2.24) is 25.1 Å². The van der Waals surface area contributed by atoms with Crippen LogP contribution in [0.2, 0.25) is 0 Å². The first kappa shape index (κ1) is 26.4. The van der Waals surface area contributed by atoms with Crippen LogP contribution in [0.1, 0.15) is 56.1 Å². The summed E-state index contributed by atoms with van der Waals surface area (Å²) in [7, 11) is 0. The Balaban J connectivity index is 1.31. The summed E-state index contributed by atoms with van der Waals surface area (Å²) >= 11 is 0. The van der Waals surface area contributed by atoms with Gasteiger partial charge in [0.1, 0.15) is 11.5 Å². The maximum absolute atomic E-state index is 14.1. The monoisotopic (exact) mass is 500 g/mol. The molecule has 2 aromatic rings. The van der Waals surface area contributed by atoms with Crippen molar-refractivity contribution in [3.63, 3.8) is 0 Å². The number of anilines is 1. The fraction of sp³-hybridized carbons (Fsp3) is 0.593. The van der Waals surface area contributed by atoms with Crippen LogP contribution in [-0.4, -0.2) is 82.4 Å².